The molecule has 0 saturated heterocycles. The molecule has 4 rings (SSSR count). The molecule has 2 N–H and O–H groups in total. The molecule has 0 radical (unpaired) electrons. The summed E-state index contributed by atoms with van der Waals surface area (Å²) in [6.45, 7) is 1.74. The number of nitro groups is 1. The Balaban J connectivity index is 1.14. The van der Waals surface area contributed by atoms with E-state index in [0.717, 1.165) is 25.4 Å². The van der Waals surface area contributed by atoms with E-state index >= 15 is 0 Å². The first kappa shape index (κ1) is 35.0. The van der Waals surface area contributed by atoms with Crippen LogP contribution < -0.4 is 21.2 Å². The van der Waals surface area contributed by atoms with Gasteiger partial charge in [-0.05, 0) is 68.1 Å². The summed E-state index contributed by atoms with van der Waals surface area (Å²) in [6, 6.07) is 27.3. The van der Waals surface area contributed by atoms with Gasteiger partial charge in [0.1, 0.15) is 23.2 Å². The molecule has 0 saturated carbocycles. The minimum Gasteiger partial charge on any atom is -0.386 e. The number of rotatable bonds is 19. The van der Waals surface area contributed by atoms with Crippen LogP contribution in [0.4, 0.5) is 5.69 Å². The molecule has 0 fully saturated rings. The van der Waals surface area contributed by atoms with E-state index in [1.165, 1.54) is 78.7 Å². The van der Waals surface area contributed by atoms with Gasteiger partial charge in [0.25, 0.3) is 5.69 Å². The number of nitrogens with zero attached hydrogens (tertiary/aromatic N) is 3. The smallest absolute Gasteiger partial charge is 0.269 e. The van der Waals surface area contributed by atoms with Gasteiger partial charge in [-0.25, -0.2) is 0 Å². The first-order valence-electron chi connectivity index (χ1n) is 16.5. The van der Waals surface area contributed by atoms with Crippen LogP contribution in [0.25, 0.3) is 0 Å². The average molecular weight is 644 g/mol. The number of benzene rings is 3. The zero-order valence-electron chi connectivity index (χ0n) is 27.1. The SMILES string of the molecule is C[C@@H](NC(=O)CCCCCCCCCCC[P+](c1ccccc1)(c1ccccc1)c1cnn(C)c1)[C@H](O)c1ccc([N+](=O)[O-])cc1. The molecule has 9 heteroatoms. The first-order valence-corrected chi connectivity index (χ1v) is 18.5. The topological polar surface area (TPSA) is 110 Å². The Bertz CT molecular complexity index is 1460. The molecule has 244 valence electrons. The van der Waals surface area contributed by atoms with Crippen LogP contribution in [0.15, 0.2) is 97.3 Å². The van der Waals surface area contributed by atoms with E-state index in [0.29, 0.717) is 12.0 Å². The number of hydrogen-bond acceptors (Lipinski definition) is 5. The second kappa shape index (κ2) is 17.7. The van der Waals surface area contributed by atoms with Crippen LogP contribution in [0.5, 0.6) is 0 Å². The van der Waals surface area contributed by atoms with Gasteiger partial charge in [-0.1, -0.05) is 74.9 Å². The second-order valence-corrected chi connectivity index (χ2v) is 15.8. The molecular formula is C37H48N4O4P+. The number of carbonyl (C=O) groups excluding carboxylic acids is 1. The van der Waals surface area contributed by atoms with Crippen molar-refractivity contribution < 1.29 is 14.8 Å². The Morgan fingerprint density at radius 2 is 1.35 bits per heavy atom. The molecule has 4 aromatic rings. The van der Waals surface area contributed by atoms with E-state index in [2.05, 4.69) is 83.5 Å². The lowest BCUT2D eigenvalue weighted by atomic mass is 10.0. The van der Waals surface area contributed by atoms with Crippen molar-refractivity contribution in [1.82, 2.24) is 15.1 Å². The van der Waals surface area contributed by atoms with Crippen molar-refractivity contribution in [3.05, 3.63) is 113 Å². The third-order valence-corrected chi connectivity index (χ3v) is 13.2. The minimum atomic E-state index is -1.80. The molecule has 46 heavy (non-hydrogen) atoms. The quantitative estimate of drug-likeness (QED) is 0.0508. The highest BCUT2D eigenvalue weighted by atomic mass is 31.2. The molecule has 2 atom stereocenters. The van der Waals surface area contributed by atoms with Crippen LogP contribution >= 0.6 is 7.26 Å². The van der Waals surface area contributed by atoms with E-state index < -0.39 is 24.3 Å². The maximum Gasteiger partial charge on any atom is 0.269 e. The average Bonchev–Trinajstić information content (AvgIpc) is 3.52. The van der Waals surface area contributed by atoms with Crippen molar-refractivity contribution in [2.45, 2.75) is 83.3 Å². The van der Waals surface area contributed by atoms with Crippen LogP contribution in [-0.4, -0.2) is 37.9 Å². The van der Waals surface area contributed by atoms with E-state index in [4.69, 9.17) is 0 Å². The summed E-state index contributed by atoms with van der Waals surface area (Å²) in [7, 11) is 0.199. The number of aromatic nitrogens is 2. The highest BCUT2D eigenvalue weighted by Gasteiger charge is 2.45. The zero-order valence-corrected chi connectivity index (χ0v) is 28.0. The Morgan fingerprint density at radius 1 is 0.826 bits per heavy atom. The third-order valence-electron chi connectivity index (χ3n) is 8.73. The van der Waals surface area contributed by atoms with Crippen molar-refractivity contribution in [2.24, 2.45) is 7.05 Å². The van der Waals surface area contributed by atoms with Gasteiger partial charge in [0.05, 0.1) is 35.6 Å². The number of non-ortho nitro benzene ring substituents is 1. The Hall–Kier alpha value is -3.87. The summed E-state index contributed by atoms with van der Waals surface area (Å²) in [5.41, 5.74) is 0.514. The molecule has 3 aromatic carbocycles. The van der Waals surface area contributed by atoms with Gasteiger partial charge < -0.3 is 10.4 Å². The number of unbranched alkanes of at least 4 members (excludes halogenated alkanes) is 8. The van der Waals surface area contributed by atoms with Crippen molar-refractivity contribution in [3.63, 3.8) is 0 Å². The fraction of sp³-hybridized carbons (Fsp3) is 0.405. The summed E-state index contributed by atoms with van der Waals surface area (Å²) in [4.78, 5) is 22.8. The van der Waals surface area contributed by atoms with E-state index in [1.54, 1.807) is 6.92 Å². The van der Waals surface area contributed by atoms with Crippen LogP contribution in [0.1, 0.15) is 82.8 Å². The molecule has 0 spiro atoms. The lowest BCUT2D eigenvalue weighted by molar-refractivity contribution is -0.384. The maximum absolute atomic E-state index is 12.4. The van der Waals surface area contributed by atoms with Gasteiger partial charge in [-0.3, -0.25) is 19.6 Å². The van der Waals surface area contributed by atoms with Crippen LogP contribution in [-0.2, 0) is 11.8 Å². The van der Waals surface area contributed by atoms with Crippen molar-refractivity contribution in [3.8, 4) is 0 Å². The van der Waals surface area contributed by atoms with Gasteiger partial charge >= 0.3 is 0 Å². The molecule has 0 aliphatic carbocycles. The maximum atomic E-state index is 12.4. The van der Waals surface area contributed by atoms with Gasteiger partial charge in [0.2, 0.25) is 5.91 Å². The summed E-state index contributed by atoms with van der Waals surface area (Å²) < 4.78 is 1.93. The minimum absolute atomic E-state index is 0.0284. The molecule has 0 aliphatic rings. The van der Waals surface area contributed by atoms with Crippen molar-refractivity contribution >= 4 is 34.8 Å². The first-order chi connectivity index (χ1) is 22.3. The molecule has 1 heterocycles. The number of hydrogen-bond donors (Lipinski definition) is 2. The predicted octanol–water partition coefficient (Wildman–Crippen LogP) is 6.76. The van der Waals surface area contributed by atoms with E-state index in [1.807, 2.05) is 11.7 Å². The van der Waals surface area contributed by atoms with Crippen molar-refractivity contribution in [1.29, 1.82) is 0 Å². The molecular weight excluding hydrogens is 595 g/mol. The number of aryl methyl sites for hydroxylation is 1. The van der Waals surface area contributed by atoms with Gasteiger partial charge in [-0.2, -0.15) is 5.10 Å². The molecule has 0 aliphatic heterocycles. The molecule has 0 bridgehead atoms. The van der Waals surface area contributed by atoms with Crippen LogP contribution in [0.2, 0.25) is 0 Å². The molecule has 8 nitrogen and oxygen atoms in total. The van der Waals surface area contributed by atoms with Crippen LogP contribution in [0.3, 0.4) is 0 Å². The summed E-state index contributed by atoms with van der Waals surface area (Å²) in [5.74, 6) is -0.0790. The lowest BCUT2D eigenvalue weighted by Gasteiger charge is -2.26. The molecule has 0 unspecified atom stereocenters. The van der Waals surface area contributed by atoms with Gasteiger partial charge in [0, 0.05) is 25.6 Å². The van der Waals surface area contributed by atoms with Gasteiger partial charge in [-0.15, -0.1) is 0 Å². The van der Waals surface area contributed by atoms with Crippen molar-refractivity contribution in [2.75, 3.05) is 6.16 Å². The Morgan fingerprint density at radius 3 is 1.85 bits per heavy atom. The standard InChI is InChI=1S/C37H47N4O4P/c1-30(37(43)31-23-25-32(26-24-31)41(44)45)39-36(42)22-16-8-6-4-3-5-7-9-17-27-46(33-18-12-10-13-19-33,34-20-14-11-15-21-34)35-28-38-40(2)29-35/h10-15,18-21,23-26,28-30,37,43H,3-9,16-17,22,27H2,1-2H3/p+1/t30-,37+/m1/s1. The lowest BCUT2D eigenvalue weighted by Crippen LogP contribution is -2.36. The number of aliphatic hydroxyl groups excluding tert-OH is 1. The third kappa shape index (κ3) is 9.57. The van der Waals surface area contributed by atoms with E-state index in [-0.39, 0.29) is 11.6 Å². The fourth-order valence-electron chi connectivity index (χ4n) is 6.16. The van der Waals surface area contributed by atoms with Gasteiger partial charge in [0.15, 0.2) is 0 Å². The number of carbonyl (C=O) groups is 1. The Labute approximate surface area is 273 Å². The monoisotopic (exact) mass is 643 g/mol. The zero-order chi connectivity index (χ0) is 32.8. The molecule has 1 amide bonds. The number of aliphatic hydroxyl groups is 1. The highest BCUT2D eigenvalue weighted by Crippen LogP contribution is 2.56. The predicted molar refractivity (Wildman–Crippen MR) is 189 cm³/mol. The Kier molecular flexibility index (Phi) is 13.5. The highest BCUT2D eigenvalue weighted by molar-refractivity contribution is 7.95. The summed E-state index contributed by atoms with van der Waals surface area (Å²) in [5, 5.41) is 33.0. The number of nitrogens with one attached hydrogen (secondary N) is 1. The number of nitro benzene ring substituents is 1. The fourth-order valence-corrected chi connectivity index (χ4v) is 10.5. The summed E-state index contributed by atoms with van der Waals surface area (Å²) in [6.07, 6.45) is 15.1. The van der Waals surface area contributed by atoms with E-state index in [9.17, 15) is 20.0 Å². The largest absolute Gasteiger partial charge is 0.386 e. The normalized spacial score (nSPS) is 12.8. The van der Waals surface area contributed by atoms with Crippen LogP contribution in [0, 0.1) is 10.1 Å². The second-order valence-electron chi connectivity index (χ2n) is 12.2. The molecule has 1 aromatic heterocycles. The number of amides is 1. The summed E-state index contributed by atoms with van der Waals surface area (Å²) >= 11 is 0.